The summed E-state index contributed by atoms with van der Waals surface area (Å²) < 4.78 is 12.7. The molecule has 0 radical (unpaired) electrons. The van der Waals surface area contributed by atoms with Gasteiger partial charge in [0.25, 0.3) is 17.6 Å². The number of ketones is 1. The number of hydrogen-bond acceptors (Lipinski definition) is 3. The Bertz CT molecular complexity index is 651. The predicted octanol–water partition coefficient (Wildman–Crippen LogP) is 1.96. The molecule has 1 N–H and O–H groups in total. The van der Waals surface area contributed by atoms with Crippen molar-refractivity contribution < 1.29 is 18.8 Å². The summed E-state index contributed by atoms with van der Waals surface area (Å²) in [5.74, 6) is -3.12. The van der Waals surface area contributed by atoms with Crippen LogP contribution >= 0.6 is 0 Å². The minimum atomic E-state index is -1.05. The van der Waals surface area contributed by atoms with Crippen molar-refractivity contribution in [1.82, 2.24) is 5.32 Å². The Labute approximate surface area is 114 Å². The first kappa shape index (κ1) is 13.6. The largest absolute Gasteiger partial charge is 0.299 e. The molecule has 4 nitrogen and oxygen atoms in total. The van der Waals surface area contributed by atoms with Gasteiger partial charge in [0.2, 0.25) is 0 Å². The van der Waals surface area contributed by atoms with Gasteiger partial charge in [0.1, 0.15) is 5.82 Å². The van der Waals surface area contributed by atoms with Crippen LogP contribution in [0.15, 0.2) is 54.6 Å². The van der Waals surface area contributed by atoms with E-state index < -0.39 is 23.4 Å². The molecular formula is C15H10FNO3. The third-order valence-corrected chi connectivity index (χ3v) is 2.58. The lowest BCUT2D eigenvalue weighted by atomic mass is 10.1. The Balaban J connectivity index is 2.07. The maximum atomic E-state index is 12.7. The van der Waals surface area contributed by atoms with E-state index in [1.165, 1.54) is 24.3 Å². The summed E-state index contributed by atoms with van der Waals surface area (Å²) in [6, 6.07) is 12.5. The average Bonchev–Trinajstić information content (AvgIpc) is 2.48. The molecule has 2 aromatic carbocycles. The van der Waals surface area contributed by atoms with Gasteiger partial charge in [-0.3, -0.25) is 19.7 Å². The Morgan fingerprint density at radius 2 is 1.40 bits per heavy atom. The third-order valence-electron chi connectivity index (χ3n) is 2.58. The lowest BCUT2D eigenvalue weighted by Crippen LogP contribution is -2.36. The highest BCUT2D eigenvalue weighted by Gasteiger charge is 2.19. The quantitative estimate of drug-likeness (QED) is 0.685. The molecule has 100 valence electrons. The molecule has 0 fully saturated rings. The van der Waals surface area contributed by atoms with Crippen molar-refractivity contribution in [1.29, 1.82) is 0 Å². The maximum Gasteiger partial charge on any atom is 0.299 e. The van der Waals surface area contributed by atoms with Crippen LogP contribution in [0, 0.1) is 5.82 Å². The summed E-state index contributed by atoms with van der Waals surface area (Å²) in [7, 11) is 0. The van der Waals surface area contributed by atoms with E-state index in [1.54, 1.807) is 18.2 Å². The Kier molecular flexibility index (Phi) is 4.00. The van der Waals surface area contributed by atoms with Crippen molar-refractivity contribution >= 4 is 17.6 Å². The summed E-state index contributed by atoms with van der Waals surface area (Å²) in [4.78, 5) is 35.1. The average molecular weight is 271 g/mol. The normalized spacial score (nSPS) is 9.85. The number of carbonyl (C=O) groups is 3. The molecule has 2 rings (SSSR count). The molecule has 20 heavy (non-hydrogen) atoms. The number of imide groups is 1. The predicted molar refractivity (Wildman–Crippen MR) is 69.6 cm³/mol. The molecule has 0 atom stereocenters. The van der Waals surface area contributed by atoms with Crippen molar-refractivity contribution in [3.05, 3.63) is 71.5 Å². The Morgan fingerprint density at radius 1 is 0.800 bits per heavy atom. The lowest BCUT2D eigenvalue weighted by Gasteiger charge is -2.03. The van der Waals surface area contributed by atoms with Crippen LogP contribution in [0.5, 0.6) is 0 Å². The standard InChI is InChI=1S/C15H10FNO3/c16-12-8-6-10(7-9-12)13(18)15(20)17-14(19)11-4-2-1-3-5-11/h1-9H,(H,17,19,20). The van der Waals surface area contributed by atoms with E-state index in [2.05, 4.69) is 0 Å². The molecule has 0 bridgehead atoms. The van der Waals surface area contributed by atoms with Crippen molar-refractivity contribution in [3.63, 3.8) is 0 Å². The van der Waals surface area contributed by atoms with Gasteiger partial charge in [-0.1, -0.05) is 18.2 Å². The molecule has 0 aliphatic rings. The molecule has 0 saturated heterocycles. The second-order valence-corrected chi connectivity index (χ2v) is 3.99. The maximum absolute atomic E-state index is 12.7. The number of Topliss-reactive ketones (excluding diaryl/α,β-unsaturated/α-hetero) is 1. The van der Waals surface area contributed by atoms with Crippen molar-refractivity contribution in [2.75, 3.05) is 0 Å². The lowest BCUT2D eigenvalue weighted by molar-refractivity contribution is -0.116. The fourth-order valence-electron chi connectivity index (χ4n) is 1.55. The molecule has 0 heterocycles. The summed E-state index contributed by atoms with van der Waals surface area (Å²) in [5, 5.41) is 1.99. The van der Waals surface area contributed by atoms with E-state index in [1.807, 2.05) is 5.32 Å². The fraction of sp³-hybridized carbons (Fsp3) is 0. The van der Waals surface area contributed by atoms with E-state index in [0.717, 1.165) is 12.1 Å². The van der Waals surface area contributed by atoms with E-state index >= 15 is 0 Å². The zero-order valence-electron chi connectivity index (χ0n) is 10.3. The molecule has 0 unspecified atom stereocenters. The molecule has 0 saturated carbocycles. The zero-order valence-corrected chi connectivity index (χ0v) is 10.3. The number of halogens is 1. The topological polar surface area (TPSA) is 63.2 Å². The van der Waals surface area contributed by atoms with Gasteiger partial charge in [0.05, 0.1) is 0 Å². The molecule has 0 spiro atoms. The highest BCUT2D eigenvalue weighted by atomic mass is 19.1. The smallest absolute Gasteiger partial charge is 0.285 e. The van der Waals surface area contributed by atoms with Gasteiger partial charge >= 0.3 is 0 Å². The summed E-state index contributed by atoms with van der Waals surface area (Å²) in [6.45, 7) is 0. The third kappa shape index (κ3) is 3.14. The summed E-state index contributed by atoms with van der Waals surface area (Å²) >= 11 is 0. The molecule has 0 aliphatic carbocycles. The first-order valence-corrected chi connectivity index (χ1v) is 5.78. The molecule has 0 aromatic heterocycles. The van der Waals surface area contributed by atoms with Crippen LogP contribution in [0.25, 0.3) is 0 Å². The second-order valence-electron chi connectivity index (χ2n) is 3.99. The number of nitrogens with one attached hydrogen (secondary N) is 1. The second kappa shape index (κ2) is 5.88. The van der Waals surface area contributed by atoms with Crippen LogP contribution < -0.4 is 5.32 Å². The van der Waals surface area contributed by atoms with Crippen LogP contribution in [-0.2, 0) is 4.79 Å². The van der Waals surface area contributed by atoms with Crippen LogP contribution in [0.1, 0.15) is 20.7 Å². The van der Waals surface area contributed by atoms with E-state index in [-0.39, 0.29) is 11.1 Å². The van der Waals surface area contributed by atoms with Crippen molar-refractivity contribution in [3.8, 4) is 0 Å². The highest BCUT2D eigenvalue weighted by molar-refractivity contribution is 6.45. The van der Waals surface area contributed by atoms with Crippen molar-refractivity contribution in [2.45, 2.75) is 0 Å². The minimum Gasteiger partial charge on any atom is -0.285 e. The molecule has 0 aliphatic heterocycles. The zero-order chi connectivity index (χ0) is 14.5. The number of benzene rings is 2. The van der Waals surface area contributed by atoms with Crippen LogP contribution in [0.3, 0.4) is 0 Å². The molecule has 2 aromatic rings. The molecule has 5 heteroatoms. The van der Waals surface area contributed by atoms with Gasteiger partial charge in [-0.25, -0.2) is 4.39 Å². The highest BCUT2D eigenvalue weighted by Crippen LogP contribution is 2.04. The van der Waals surface area contributed by atoms with Gasteiger partial charge in [-0.15, -0.1) is 0 Å². The number of carbonyl (C=O) groups excluding carboxylic acids is 3. The van der Waals surface area contributed by atoms with Crippen LogP contribution in [-0.4, -0.2) is 17.6 Å². The number of hydrogen-bond donors (Lipinski definition) is 1. The first-order chi connectivity index (χ1) is 9.58. The van der Waals surface area contributed by atoms with Crippen LogP contribution in [0.2, 0.25) is 0 Å². The minimum absolute atomic E-state index is 0.0183. The fourth-order valence-corrected chi connectivity index (χ4v) is 1.55. The molecular weight excluding hydrogens is 261 g/mol. The van der Waals surface area contributed by atoms with Gasteiger partial charge < -0.3 is 0 Å². The van der Waals surface area contributed by atoms with Gasteiger partial charge in [-0.05, 0) is 36.4 Å². The first-order valence-electron chi connectivity index (χ1n) is 5.78. The van der Waals surface area contributed by atoms with Gasteiger partial charge in [0, 0.05) is 11.1 Å². The Hall–Kier alpha value is -2.82. The van der Waals surface area contributed by atoms with Crippen molar-refractivity contribution in [2.24, 2.45) is 0 Å². The monoisotopic (exact) mass is 271 g/mol. The van der Waals surface area contributed by atoms with E-state index in [0.29, 0.717) is 0 Å². The van der Waals surface area contributed by atoms with E-state index in [4.69, 9.17) is 0 Å². The summed E-state index contributed by atoms with van der Waals surface area (Å²) in [5.41, 5.74) is 0.289. The van der Waals surface area contributed by atoms with Gasteiger partial charge in [-0.2, -0.15) is 0 Å². The van der Waals surface area contributed by atoms with Crippen LogP contribution in [0.4, 0.5) is 4.39 Å². The number of rotatable bonds is 3. The number of amides is 2. The summed E-state index contributed by atoms with van der Waals surface area (Å²) in [6.07, 6.45) is 0. The Morgan fingerprint density at radius 3 is 2.00 bits per heavy atom. The SMILES string of the molecule is O=C(NC(=O)c1ccccc1)C(=O)c1ccc(F)cc1. The van der Waals surface area contributed by atoms with E-state index in [9.17, 15) is 18.8 Å². The molecule has 2 amide bonds. The van der Waals surface area contributed by atoms with Gasteiger partial charge in [0.15, 0.2) is 0 Å².